The van der Waals surface area contributed by atoms with Crippen LogP contribution in [-0.2, 0) is 20.7 Å². The predicted octanol–water partition coefficient (Wildman–Crippen LogP) is 1.22. The fourth-order valence-corrected chi connectivity index (χ4v) is 2.58. The number of benzene rings is 1. The van der Waals surface area contributed by atoms with Crippen molar-refractivity contribution in [2.75, 3.05) is 13.6 Å². The van der Waals surface area contributed by atoms with Crippen molar-refractivity contribution in [3.05, 3.63) is 33.8 Å². The summed E-state index contributed by atoms with van der Waals surface area (Å²) in [5.41, 5.74) is 5.98. The van der Waals surface area contributed by atoms with E-state index in [1.165, 1.54) is 0 Å². The van der Waals surface area contributed by atoms with Crippen molar-refractivity contribution in [3.8, 4) is 0 Å². The van der Waals surface area contributed by atoms with Crippen LogP contribution in [0.2, 0.25) is 10.0 Å². The summed E-state index contributed by atoms with van der Waals surface area (Å²) in [5, 5.41) is 8.29. The first-order chi connectivity index (χ1) is 13.1. The summed E-state index contributed by atoms with van der Waals surface area (Å²) < 4.78 is 5.06. The Morgan fingerprint density at radius 1 is 1.18 bits per heavy atom. The van der Waals surface area contributed by atoms with Gasteiger partial charge in [-0.2, -0.15) is 0 Å². The molecule has 11 heteroatoms. The molecule has 3 amide bonds. The minimum Gasteiger partial charge on any atom is -0.443 e. The van der Waals surface area contributed by atoms with Crippen molar-refractivity contribution < 1.29 is 19.1 Å². The van der Waals surface area contributed by atoms with Crippen LogP contribution in [0.1, 0.15) is 19.4 Å². The average Bonchev–Trinajstić information content (AvgIpc) is 2.58. The van der Waals surface area contributed by atoms with Gasteiger partial charge >= 0.3 is 6.09 Å². The molecular weight excluding hydrogens is 409 g/mol. The number of carbonyl (C=O) groups excluding carboxylic acids is 3. The van der Waals surface area contributed by atoms with Crippen LogP contribution in [0.15, 0.2) is 23.2 Å². The van der Waals surface area contributed by atoms with Gasteiger partial charge in [-0.15, -0.1) is 4.99 Å². The van der Waals surface area contributed by atoms with Gasteiger partial charge < -0.3 is 21.1 Å². The summed E-state index contributed by atoms with van der Waals surface area (Å²) in [7, 11) is 1.64. The summed E-state index contributed by atoms with van der Waals surface area (Å²) in [5.74, 6) is -1.23. The van der Waals surface area contributed by atoms with Gasteiger partial charge in [0.2, 0.25) is 17.8 Å². The molecule has 0 saturated carbocycles. The number of rotatable bonds is 7. The SMILES string of the molecule is CNCC(=O)N[C@H](C)[C@@H](C)OC(=O)/N=C(\N)NC(=O)Cc1c(Cl)cccc1Cl. The minimum absolute atomic E-state index is 0.136. The molecule has 2 atom stereocenters. The third-order valence-corrected chi connectivity index (χ3v) is 4.30. The number of hydrogen-bond donors (Lipinski definition) is 4. The van der Waals surface area contributed by atoms with E-state index in [0.717, 1.165) is 0 Å². The van der Waals surface area contributed by atoms with Crippen molar-refractivity contribution >= 4 is 47.1 Å². The highest BCUT2D eigenvalue weighted by Crippen LogP contribution is 2.24. The van der Waals surface area contributed by atoms with E-state index < -0.39 is 30.1 Å². The van der Waals surface area contributed by atoms with Gasteiger partial charge in [0.1, 0.15) is 6.10 Å². The largest absolute Gasteiger partial charge is 0.443 e. The van der Waals surface area contributed by atoms with Crippen molar-refractivity contribution in [3.63, 3.8) is 0 Å². The number of likely N-dealkylation sites (N-methyl/N-ethyl adjacent to an activating group) is 1. The van der Waals surface area contributed by atoms with Crippen LogP contribution >= 0.6 is 23.2 Å². The molecule has 1 rings (SSSR count). The standard InChI is InChI=1S/C17H23Cl2N5O4/c1-9(22-15(26)8-21-3)10(2)28-17(27)24-16(20)23-14(25)7-11-12(18)5-4-6-13(11)19/h4-6,9-10,21H,7-8H2,1-3H3,(H,22,26)(H3,20,23,24,25,27)/t9-,10-/m1/s1. The molecule has 0 bridgehead atoms. The van der Waals surface area contributed by atoms with Crippen LogP contribution in [0.3, 0.4) is 0 Å². The maximum absolute atomic E-state index is 12.0. The number of nitrogens with two attached hydrogens (primary N) is 1. The Morgan fingerprint density at radius 3 is 2.36 bits per heavy atom. The van der Waals surface area contributed by atoms with Crippen molar-refractivity contribution in [1.82, 2.24) is 16.0 Å². The second-order valence-electron chi connectivity index (χ2n) is 5.90. The fourth-order valence-electron chi connectivity index (χ4n) is 2.05. The van der Waals surface area contributed by atoms with Gasteiger partial charge in [-0.1, -0.05) is 29.3 Å². The topological polar surface area (TPSA) is 135 Å². The Morgan fingerprint density at radius 2 is 1.79 bits per heavy atom. The maximum atomic E-state index is 12.0. The minimum atomic E-state index is -1.00. The molecular formula is C17H23Cl2N5O4. The lowest BCUT2D eigenvalue weighted by molar-refractivity contribution is -0.121. The van der Waals surface area contributed by atoms with Crippen LogP contribution in [0.25, 0.3) is 0 Å². The zero-order chi connectivity index (χ0) is 21.3. The number of carbonyl (C=O) groups is 3. The molecule has 0 unspecified atom stereocenters. The fraction of sp³-hybridized carbons (Fsp3) is 0.412. The summed E-state index contributed by atoms with van der Waals surface area (Å²) in [6, 6.07) is 4.41. The molecule has 0 spiro atoms. The molecule has 9 nitrogen and oxygen atoms in total. The van der Waals surface area contributed by atoms with Crippen molar-refractivity contribution in [1.29, 1.82) is 0 Å². The van der Waals surface area contributed by atoms with E-state index in [9.17, 15) is 14.4 Å². The van der Waals surface area contributed by atoms with E-state index in [0.29, 0.717) is 15.6 Å². The third kappa shape index (κ3) is 8.12. The highest BCUT2D eigenvalue weighted by molar-refractivity contribution is 6.36. The molecule has 5 N–H and O–H groups in total. The lowest BCUT2D eigenvalue weighted by Crippen LogP contribution is -2.44. The zero-order valence-electron chi connectivity index (χ0n) is 15.7. The molecule has 1 aromatic rings. The number of hydrogen-bond acceptors (Lipinski definition) is 5. The van der Waals surface area contributed by atoms with Gasteiger partial charge in [-0.05, 0) is 38.6 Å². The van der Waals surface area contributed by atoms with Crippen LogP contribution in [0, 0.1) is 0 Å². The van der Waals surface area contributed by atoms with E-state index in [1.54, 1.807) is 39.1 Å². The molecule has 28 heavy (non-hydrogen) atoms. The normalized spacial score (nSPS) is 13.4. The van der Waals surface area contributed by atoms with E-state index in [1.807, 2.05) is 0 Å². The van der Waals surface area contributed by atoms with Crippen LogP contribution in [-0.4, -0.2) is 49.6 Å². The van der Waals surface area contributed by atoms with Crippen LogP contribution < -0.4 is 21.7 Å². The van der Waals surface area contributed by atoms with Gasteiger partial charge in [0.15, 0.2) is 0 Å². The number of guanidine groups is 1. The molecule has 154 valence electrons. The molecule has 0 saturated heterocycles. The molecule has 0 heterocycles. The molecule has 0 fully saturated rings. The molecule has 0 aliphatic carbocycles. The third-order valence-electron chi connectivity index (χ3n) is 3.60. The molecule has 0 aromatic heterocycles. The first-order valence-electron chi connectivity index (χ1n) is 8.35. The maximum Gasteiger partial charge on any atom is 0.437 e. The predicted molar refractivity (Wildman–Crippen MR) is 107 cm³/mol. The molecule has 1 aromatic carbocycles. The smallest absolute Gasteiger partial charge is 0.437 e. The zero-order valence-corrected chi connectivity index (χ0v) is 17.2. The second kappa shape index (κ2) is 11.5. The van der Waals surface area contributed by atoms with Gasteiger partial charge in [-0.3, -0.25) is 14.9 Å². The van der Waals surface area contributed by atoms with Gasteiger partial charge in [-0.25, -0.2) is 4.79 Å². The van der Waals surface area contributed by atoms with Gasteiger partial charge in [0.25, 0.3) is 0 Å². The Labute approximate surface area is 173 Å². The highest BCUT2D eigenvalue weighted by Gasteiger charge is 2.19. The molecule has 0 radical (unpaired) electrons. The van der Waals surface area contributed by atoms with Crippen molar-refractivity contribution in [2.24, 2.45) is 10.7 Å². The second-order valence-corrected chi connectivity index (χ2v) is 6.71. The summed E-state index contributed by atoms with van der Waals surface area (Å²) in [6.07, 6.45) is -1.81. The summed E-state index contributed by atoms with van der Waals surface area (Å²) in [4.78, 5) is 38.8. The first-order valence-corrected chi connectivity index (χ1v) is 9.11. The lowest BCUT2D eigenvalue weighted by atomic mass is 10.1. The first kappa shape index (κ1) is 23.7. The highest BCUT2D eigenvalue weighted by atomic mass is 35.5. The lowest BCUT2D eigenvalue weighted by Gasteiger charge is -2.20. The van der Waals surface area contributed by atoms with Gasteiger partial charge in [0.05, 0.1) is 19.0 Å². The van der Waals surface area contributed by atoms with Gasteiger partial charge in [0, 0.05) is 10.0 Å². The number of amides is 3. The Bertz CT molecular complexity index is 737. The summed E-state index contributed by atoms with van der Waals surface area (Å²) >= 11 is 12.0. The summed E-state index contributed by atoms with van der Waals surface area (Å²) in [6.45, 7) is 3.40. The Balaban J connectivity index is 2.56. The number of ether oxygens (including phenoxy) is 1. The van der Waals surface area contributed by atoms with E-state index in [-0.39, 0.29) is 18.9 Å². The van der Waals surface area contributed by atoms with Crippen LogP contribution in [0.4, 0.5) is 4.79 Å². The number of halogens is 2. The number of nitrogens with one attached hydrogen (secondary N) is 3. The Hall–Kier alpha value is -2.36. The van der Waals surface area contributed by atoms with Crippen molar-refractivity contribution in [2.45, 2.75) is 32.4 Å². The molecule has 0 aliphatic rings. The van der Waals surface area contributed by atoms with E-state index in [2.05, 4.69) is 20.9 Å². The number of aliphatic imine (C=N–C) groups is 1. The number of nitrogens with zero attached hydrogens (tertiary/aromatic N) is 1. The van der Waals surface area contributed by atoms with E-state index in [4.69, 9.17) is 33.7 Å². The monoisotopic (exact) mass is 431 g/mol. The quantitative estimate of drug-likeness (QED) is 0.378. The van der Waals surface area contributed by atoms with Crippen LogP contribution in [0.5, 0.6) is 0 Å². The average molecular weight is 432 g/mol. The van der Waals surface area contributed by atoms with E-state index >= 15 is 0 Å². The molecule has 0 aliphatic heterocycles. The Kier molecular flexibility index (Phi) is 9.70.